The molecule has 7 heteroatoms. The van der Waals surface area contributed by atoms with Crippen molar-refractivity contribution in [3.8, 4) is 0 Å². The highest BCUT2D eigenvalue weighted by Crippen LogP contribution is 2.41. The van der Waals surface area contributed by atoms with Crippen LogP contribution < -0.4 is 4.90 Å². The summed E-state index contributed by atoms with van der Waals surface area (Å²) in [5.74, 6) is -0.827. The van der Waals surface area contributed by atoms with Crippen molar-refractivity contribution < 1.29 is 19.2 Å². The monoisotopic (exact) mass is 366 g/mol. The number of thiophene rings is 1. The SMILES string of the molecule is Cc1cc(N2C(=O)C(O)=C(C(=O)c3cccs3)[C@@H]2c2ccccc2)no1. The molecule has 0 bridgehead atoms. The van der Waals surface area contributed by atoms with Crippen LogP contribution in [0.2, 0.25) is 0 Å². The van der Waals surface area contributed by atoms with E-state index in [-0.39, 0.29) is 17.2 Å². The van der Waals surface area contributed by atoms with E-state index < -0.39 is 17.7 Å². The van der Waals surface area contributed by atoms with Crippen LogP contribution in [-0.4, -0.2) is 22.0 Å². The van der Waals surface area contributed by atoms with Crippen molar-refractivity contribution in [1.82, 2.24) is 5.16 Å². The molecular weight excluding hydrogens is 352 g/mol. The Morgan fingerprint density at radius 3 is 2.62 bits per heavy atom. The minimum absolute atomic E-state index is 0.0457. The number of ketones is 1. The summed E-state index contributed by atoms with van der Waals surface area (Å²) in [7, 11) is 0. The fourth-order valence-electron chi connectivity index (χ4n) is 3.03. The molecule has 2 aromatic heterocycles. The number of anilines is 1. The summed E-state index contributed by atoms with van der Waals surface area (Å²) in [5.41, 5.74) is 0.745. The lowest BCUT2D eigenvalue weighted by Crippen LogP contribution is -2.31. The number of Topliss-reactive ketones (excluding diaryl/α,β-unsaturated/α-hetero) is 1. The molecule has 1 aliphatic rings. The van der Waals surface area contributed by atoms with E-state index in [0.717, 1.165) is 0 Å². The lowest BCUT2D eigenvalue weighted by molar-refractivity contribution is -0.117. The predicted molar refractivity (Wildman–Crippen MR) is 96.2 cm³/mol. The van der Waals surface area contributed by atoms with Gasteiger partial charge in [-0.2, -0.15) is 0 Å². The summed E-state index contributed by atoms with van der Waals surface area (Å²) < 4.78 is 5.09. The predicted octanol–water partition coefficient (Wildman–Crippen LogP) is 3.83. The lowest BCUT2D eigenvalue weighted by atomic mass is 9.95. The molecule has 1 aliphatic heterocycles. The van der Waals surface area contributed by atoms with Crippen LogP contribution >= 0.6 is 11.3 Å². The number of aliphatic hydroxyl groups is 1. The Hall–Kier alpha value is -3.19. The van der Waals surface area contributed by atoms with Gasteiger partial charge in [-0.05, 0) is 23.9 Å². The molecule has 1 N–H and O–H groups in total. The maximum absolute atomic E-state index is 13.0. The summed E-state index contributed by atoms with van der Waals surface area (Å²) >= 11 is 1.26. The van der Waals surface area contributed by atoms with Crippen LogP contribution in [0.4, 0.5) is 5.82 Å². The molecule has 6 nitrogen and oxygen atoms in total. The third-order valence-corrected chi connectivity index (χ3v) is 5.04. The van der Waals surface area contributed by atoms with E-state index in [1.54, 1.807) is 42.6 Å². The summed E-state index contributed by atoms with van der Waals surface area (Å²) in [6, 6.07) is 13.3. The van der Waals surface area contributed by atoms with Crippen LogP contribution in [0.25, 0.3) is 0 Å². The topological polar surface area (TPSA) is 83.6 Å². The highest BCUT2D eigenvalue weighted by atomic mass is 32.1. The average molecular weight is 366 g/mol. The van der Waals surface area contributed by atoms with Crippen LogP contribution in [0.5, 0.6) is 0 Å². The first-order valence-electron chi connectivity index (χ1n) is 7.91. The summed E-state index contributed by atoms with van der Waals surface area (Å²) in [5, 5.41) is 16.2. The van der Waals surface area contributed by atoms with Gasteiger partial charge in [-0.15, -0.1) is 11.3 Å². The van der Waals surface area contributed by atoms with E-state index in [4.69, 9.17) is 4.52 Å². The minimum Gasteiger partial charge on any atom is -0.503 e. The normalized spacial score (nSPS) is 17.2. The first-order valence-corrected chi connectivity index (χ1v) is 8.79. The molecule has 1 atom stereocenters. The van der Waals surface area contributed by atoms with Gasteiger partial charge in [0.05, 0.1) is 16.5 Å². The molecule has 0 unspecified atom stereocenters. The highest BCUT2D eigenvalue weighted by Gasteiger charge is 2.45. The Kier molecular flexibility index (Phi) is 3.93. The van der Waals surface area contributed by atoms with Gasteiger partial charge in [-0.25, -0.2) is 0 Å². The van der Waals surface area contributed by atoms with Crippen LogP contribution in [0.1, 0.15) is 27.0 Å². The van der Waals surface area contributed by atoms with Crippen LogP contribution in [0, 0.1) is 6.92 Å². The van der Waals surface area contributed by atoms with Crippen molar-refractivity contribution in [3.05, 3.63) is 81.4 Å². The van der Waals surface area contributed by atoms with Crippen molar-refractivity contribution in [1.29, 1.82) is 0 Å². The van der Waals surface area contributed by atoms with E-state index in [1.807, 2.05) is 18.2 Å². The number of aryl methyl sites for hydroxylation is 1. The zero-order chi connectivity index (χ0) is 18.3. The summed E-state index contributed by atoms with van der Waals surface area (Å²) in [4.78, 5) is 27.5. The minimum atomic E-state index is -0.775. The lowest BCUT2D eigenvalue weighted by Gasteiger charge is -2.24. The third-order valence-electron chi connectivity index (χ3n) is 4.18. The third kappa shape index (κ3) is 2.53. The number of aromatic nitrogens is 1. The number of benzene rings is 1. The quantitative estimate of drug-likeness (QED) is 0.710. The molecule has 0 fully saturated rings. The molecule has 1 amide bonds. The second-order valence-electron chi connectivity index (χ2n) is 5.85. The molecular formula is C19H14N2O4S. The number of carbonyl (C=O) groups is 2. The van der Waals surface area contributed by atoms with Gasteiger partial charge in [0, 0.05) is 6.07 Å². The Morgan fingerprint density at radius 1 is 1.23 bits per heavy atom. The van der Waals surface area contributed by atoms with Gasteiger partial charge in [-0.1, -0.05) is 41.6 Å². The molecule has 4 rings (SSSR count). The van der Waals surface area contributed by atoms with E-state index in [9.17, 15) is 14.7 Å². The van der Waals surface area contributed by atoms with Crippen molar-refractivity contribution in [2.24, 2.45) is 0 Å². The Labute approximate surface area is 153 Å². The molecule has 3 heterocycles. The molecule has 0 radical (unpaired) electrons. The van der Waals surface area contributed by atoms with Gasteiger partial charge in [-0.3, -0.25) is 14.5 Å². The molecule has 3 aromatic rings. The van der Waals surface area contributed by atoms with Crippen molar-refractivity contribution >= 4 is 28.8 Å². The van der Waals surface area contributed by atoms with Crippen molar-refractivity contribution in [2.45, 2.75) is 13.0 Å². The van der Waals surface area contributed by atoms with Crippen LogP contribution in [0.3, 0.4) is 0 Å². The summed E-state index contributed by atoms with van der Waals surface area (Å²) in [6.45, 7) is 1.71. The zero-order valence-electron chi connectivity index (χ0n) is 13.7. The Morgan fingerprint density at radius 2 is 2.00 bits per heavy atom. The van der Waals surface area contributed by atoms with Crippen molar-refractivity contribution in [3.63, 3.8) is 0 Å². The number of hydrogen-bond donors (Lipinski definition) is 1. The maximum Gasteiger partial charge on any atom is 0.295 e. The largest absolute Gasteiger partial charge is 0.503 e. The fraction of sp³-hybridized carbons (Fsp3) is 0.105. The fourth-order valence-corrected chi connectivity index (χ4v) is 3.71. The first kappa shape index (κ1) is 16.3. The van der Waals surface area contributed by atoms with Gasteiger partial charge >= 0.3 is 0 Å². The number of amides is 1. The smallest absolute Gasteiger partial charge is 0.295 e. The molecule has 26 heavy (non-hydrogen) atoms. The standard InChI is InChI=1S/C19H14N2O4S/c1-11-10-14(20-25-11)21-16(12-6-3-2-4-7-12)15(18(23)19(21)24)17(22)13-8-5-9-26-13/h2-10,16,23H,1H3/t16-/m0/s1. The van der Waals surface area contributed by atoms with E-state index in [0.29, 0.717) is 16.2 Å². The molecule has 0 saturated heterocycles. The number of hydrogen-bond acceptors (Lipinski definition) is 6. The van der Waals surface area contributed by atoms with Gasteiger partial charge in [0.1, 0.15) is 5.76 Å². The van der Waals surface area contributed by atoms with E-state index >= 15 is 0 Å². The molecule has 0 aliphatic carbocycles. The van der Waals surface area contributed by atoms with E-state index in [2.05, 4.69) is 5.16 Å². The van der Waals surface area contributed by atoms with Crippen LogP contribution in [0.15, 0.2) is 69.8 Å². The van der Waals surface area contributed by atoms with Crippen molar-refractivity contribution in [2.75, 3.05) is 4.90 Å². The Balaban J connectivity index is 1.88. The van der Waals surface area contributed by atoms with Gasteiger partial charge in [0.25, 0.3) is 5.91 Å². The second kappa shape index (κ2) is 6.27. The number of nitrogens with zero attached hydrogens (tertiary/aromatic N) is 2. The van der Waals surface area contributed by atoms with Gasteiger partial charge in [0.15, 0.2) is 11.6 Å². The molecule has 0 saturated carbocycles. The second-order valence-corrected chi connectivity index (χ2v) is 6.80. The first-order chi connectivity index (χ1) is 12.6. The molecule has 1 aromatic carbocycles. The van der Waals surface area contributed by atoms with Gasteiger partial charge in [0.2, 0.25) is 5.78 Å². The molecule has 130 valence electrons. The van der Waals surface area contributed by atoms with E-state index in [1.165, 1.54) is 16.2 Å². The maximum atomic E-state index is 13.0. The van der Waals surface area contributed by atoms with Gasteiger partial charge < -0.3 is 9.63 Å². The Bertz CT molecular complexity index is 1010. The highest BCUT2D eigenvalue weighted by molar-refractivity contribution is 7.12. The number of aliphatic hydroxyl groups excluding tert-OH is 1. The molecule has 0 spiro atoms. The average Bonchev–Trinajstić information content (AvgIpc) is 3.37. The summed E-state index contributed by atoms with van der Waals surface area (Å²) in [6.07, 6.45) is 0. The number of carbonyl (C=O) groups excluding carboxylic acids is 2. The number of rotatable bonds is 4. The zero-order valence-corrected chi connectivity index (χ0v) is 14.6. The van der Waals surface area contributed by atoms with Crippen LogP contribution in [-0.2, 0) is 4.79 Å².